The summed E-state index contributed by atoms with van der Waals surface area (Å²) in [6, 6.07) is 7.40. The van der Waals surface area contributed by atoms with Crippen molar-refractivity contribution < 1.29 is 13.6 Å². The fourth-order valence-corrected chi connectivity index (χ4v) is 1.88. The third-order valence-electron chi connectivity index (χ3n) is 2.36. The number of hydrogen-bond donors (Lipinski definition) is 1. The summed E-state index contributed by atoms with van der Waals surface area (Å²) in [7, 11) is 0. The van der Waals surface area contributed by atoms with Gasteiger partial charge in [0.15, 0.2) is 11.6 Å². The molecule has 0 radical (unpaired) electrons. The Kier molecular flexibility index (Phi) is 4.02. The monoisotopic (exact) mass is 301 g/mol. The molecular weight excluding hydrogens is 295 g/mol. The minimum absolute atomic E-state index is 0.00934. The van der Waals surface area contributed by atoms with Gasteiger partial charge in [-0.2, -0.15) is 0 Å². The Balaban J connectivity index is 2.23. The normalized spacial score (nSPS) is 10.3. The van der Waals surface area contributed by atoms with Crippen LogP contribution >= 0.6 is 23.2 Å². The van der Waals surface area contributed by atoms with Crippen molar-refractivity contribution in [3.8, 4) is 0 Å². The fraction of sp³-hybridized carbons (Fsp3) is 0. The van der Waals surface area contributed by atoms with E-state index in [1.807, 2.05) is 0 Å². The Labute approximate surface area is 118 Å². The first-order valence-corrected chi connectivity index (χ1v) is 5.94. The third-order valence-corrected chi connectivity index (χ3v) is 2.91. The second kappa shape index (κ2) is 5.55. The largest absolute Gasteiger partial charge is 0.321 e. The van der Waals surface area contributed by atoms with Crippen molar-refractivity contribution in [2.45, 2.75) is 0 Å². The first-order chi connectivity index (χ1) is 8.97. The molecule has 98 valence electrons. The van der Waals surface area contributed by atoms with Gasteiger partial charge in [0.2, 0.25) is 0 Å². The molecule has 0 fully saturated rings. The summed E-state index contributed by atoms with van der Waals surface area (Å²) in [5, 5.41) is 3.16. The van der Waals surface area contributed by atoms with Crippen molar-refractivity contribution >= 4 is 34.8 Å². The van der Waals surface area contributed by atoms with Crippen molar-refractivity contribution in [2.24, 2.45) is 0 Å². The van der Waals surface area contributed by atoms with E-state index in [-0.39, 0.29) is 10.6 Å². The number of carbonyl (C=O) groups excluding carboxylic acids is 1. The van der Waals surface area contributed by atoms with Crippen molar-refractivity contribution in [1.82, 2.24) is 0 Å². The number of benzene rings is 2. The Hall–Kier alpha value is -1.65. The topological polar surface area (TPSA) is 29.1 Å². The second-order valence-corrected chi connectivity index (χ2v) is 4.55. The van der Waals surface area contributed by atoms with Crippen LogP contribution in [0.25, 0.3) is 0 Å². The number of rotatable bonds is 2. The number of hydrogen-bond acceptors (Lipinski definition) is 1. The Morgan fingerprint density at radius 2 is 1.74 bits per heavy atom. The molecule has 0 unspecified atom stereocenters. The highest BCUT2D eigenvalue weighted by atomic mass is 35.5. The van der Waals surface area contributed by atoms with Crippen molar-refractivity contribution in [1.29, 1.82) is 0 Å². The summed E-state index contributed by atoms with van der Waals surface area (Å²) in [6.07, 6.45) is 0. The van der Waals surface area contributed by atoms with Gasteiger partial charge in [0.05, 0.1) is 10.7 Å². The summed E-state index contributed by atoms with van der Waals surface area (Å²) >= 11 is 11.6. The van der Waals surface area contributed by atoms with Crippen LogP contribution in [0.15, 0.2) is 36.4 Å². The van der Waals surface area contributed by atoms with Gasteiger partial charge in [-0.1, -0.05) is 23.2 Å². The maximum Gasteiger partial charge on any atom is 0.255 e. The molecule has 0 aromatic heterocycles. The molecule has 0 spiro atoms. The Bertz CT molecular complexity index is 647. The highest BCUT2D eigenvalue weighted by Gasteiger charge is 2.11. The number of carbonyl (C=O) groups is 1. The quantitative estimate of drug-likeness (QED) is 0.868. The number of amides is 1. The van der Waals surface area contributed by atoms with Gasteiger partial charge in [0, 0.05) is 10.6 Å². The maximum absolute atomic E-state index is 13.0. The van der Waals surface area contributed by atoms with Gasteiger partial charge in [-0.05, 0) is 36.4 Å². The van der Waals surface area contributed by atoms with E-state index in [0.717, 1.165) is 12.1 Å². The molecule has 0 aliphatic carbocycles. The first kappa shape index (κ1) is 13.8. The SMILES string of the molecule is O=C(Nc1ccc(Cl)cc1Cl)c1ccc(F)c(F)c1. The minimum Gasteiger partial charge on any atom is -0.321 e. The zero-order valence-corrected chi connectivity index (χ0v) is 10.9. The zero-order chi connectivity index (χ0) is 14.0. The number of halogens is 4. The van der Waals surface area contributed by atoms with Gasteiger partial charge < -0.3 is 5.32 Å². The molecule has 2 aromatic carbocycles. The van der Waals surface area contributed by atoms with Gasteiger partial charge in [0.25, 0.3) is 5.91 Å². The van der Waals surface area contributed by atoms with Crippen LogP contribution in [0.3, 0.4) is 0 Å². The van der Waals surface area contributed by atoms with E-state index in [4.69, 9.17) is 23.2 Å². The zero-order valence-electron chi connectivity index (χ0n) is 9.38. The van der Waals surface area contributed by atoms with Crippen LogP contribution in [0.1, 0.15) is 10.4 Å². The van der Waals surface area contributed by atoms with Gasteiger partial charge in [-0.15, -0.1) is 0 Å². The molecule has 0 saturated heterocycles. The van der Waals surface area contributed by atoms with E-state index in [2.05, 4.69) is 5.32 Å². The van der Waals surface area contributed by atoms with Crippen LogP contribution in [0, 0.1) is 11.6 Å². The number of nitrogens with one attached hydrogen (secondary N) is 1. The molecule has 0 bridgehead atoms. The molecule has 0 aliphatic rings. The lowest BCUT2D eigenvalue weighted by atomic mass is 10.2. The minimum atomic E-state index is -1.09. The van der Waals surface area contributed by atoms with Gasteiger partial charge in [-0.25, -0.2) is 8.78 Å². The van der Waals surface area contributed by atoms with E-state index in [9.17, 15) is 13.6 Å². The predicted octanol–water partition coefficient (Wildman–Crippen LogP) is 4.52. The van der Waals surface area contributed by atoms with Gasteiger partial charge >= 0.3 is 0 Å². The molecule has 0 saturated carbocycles. The van der Waals surface area contributed by atoms with Gasteiger partial charge in [0.1, 0.15) is 0 Å². The average Bonchev–Trinajstić information content (AvgIpc) is 2.36. The van der Waals surface area contributed by atoms with Crippen LogP contribution in [0.5, 0.6) is 0 Å². The van der Waals surface area contributed by atoms with Crippen molar-refractivity contribution in [3.63, 3.8) is 0 Å². The second-order valence-electron chi connectivity index (χ2n) is 3.71. The highest BCUT2D eigenvalue weighted by Crippen LogP contribution is 2.25. The Morgan fingerprint density at radius 3 is 2.37 bits per heavy atom. The fourth-order valence-electron chi connectivity index (χ4n) is 1.42. The summed E-state index contributed by atoms with van der Waals surface area (Å²) < 4.78 is 25.8. The van der Waals surface area contributed by atoms with Crippen LogP contribution in [0.2, 0.25) is 10.0 Å². The highest BCUT2D eigenvalue weighted by molar-refractivity contribution is 6.36. The summed E-state index contributed by atoms with van der Waals surface area (Å²) in [4.78, 5) is 11.8. The summed E-state index contributed by atoms with van der Waals surface area (Å²) in [6.45, 7) is 0. The maximum atomic E-state index is 13.0. The lowest BCUT2D eigenvalue weighted by molar-refractivity contribution is 0.102. The molecular formula is C13H7Cl2F2NO. The van der Waals surface area contributed by atoms with Crippen LogP contribution in [-0.4, -0.2) is 5.91 Å². The third kappa shape index (κ3) is 3.22. The van der Waals surface area contributed by atoms with Crippen LogP contribution in [0.4, 0.5) is 14.5 Å². The standard InChI is InChI=1S/C13H7Cl2F2NO/c14-8-2-4-12(9(15)6-8)18-13(19)7-1-3-10(16)11(17)5-7/h1-6H,(H,18,19). The van der Waals surface area contributed by atoms with E-state index in [0.29, 0.717) is 10.7 Å². The van der Waals surface area contributed by atoms with E-state index >= 15 is 0 Å². The molecule has 19 heavy (non-hydrogen) atoms. The van der Waals surface area contributed by atoms with E-state index in [1.165, 1.54) is 18.2 Å². The molecule has 2 aromatic rings. The first-order valence-electron chi connectivity index (χ1n) is 5.19. The summed E-state index contributed by atoms with van der Waals surface area (Å²) in [5.41, 5.74) is 0.325. The predicted molar refractivity (Wildman–Crippen MR) is 70.8 cm³/mol. The van der Waals surface area contributed by atoms with E-state index < -0.39 is 17.5 Å². The molecule has 1 amide bonds. The molecule has 0 atom stereocenters. The lowest BCUT2D eigenvalue weighted by Crippen LogP contribution is -2.12. The lowest BCUT2D eigenvalue weighted by Gasteiger charge is -2.07. The van der Waals surface area contributed by atoms with Crippen molar-refractivity contribution in [2.75, 3.05) is 5.32 Å². The molecule has 1 N–H and O–H groups in total. The Morgan fingerprint density at radius 1 is 1.00 bits per heavy atom. The van der Waals surface area contributed by atoms with Crippen molar-refractivity contribution in [3.05, 3.63) is 63.6 Å². The molecule has 0 aliphatic heterocycles. The molecule has 2 nitrogen and oxygen atoms in total. The molecule has 2 rings (SSSR count). The molecule has 6 heteroatoms. The van der Waals surface area contributed by atoms with Gasteiger partial charge in [-0.3, -0.25) is 4.79 Å². The summed E-state index contributed by atoms with van der Waals surface area (Å²) in [5.74, 6) is -2.70. The molecule has 0 heterocycles. The number of anilines is 1. The van der Waals surface area contributed by atoms with E-state index in [1.54, 1.807) is 6.07 Å². The van der Waals surface area contributed by atoms with Crippen LogP contribution in [-0.2, 0) is 0 Å². The smallest absolute Gasteiger partial charge is 0.255 e. The van der Waals surface area contributed by atoms with Crippen LogP contribution < -0.4 is 5.32 Å². The average molecular weight is 302 g/mol.